The smallest absolute Gasteiger partial charge is 0.308 e. The maximum Gasteiger partial charge on any atom is 0.308 e. The van der Waals surface area contributed by atoms with Crippen LogP contribution in [-0.4, -0.2) is 5.97 Å². The van der Waals surface area contributed by atoms with Gasteiger partial charge < -0.3 is 9.15 Å². The largest absolute Gasteiger partial charge is 0.460 e. The maximum absolute atomic E-state index is 11.7. The van der Waals surface area contributed by atoms with E-state index < -0.39 is 0 Å². The number of esters is 1. The average molecular weight is 465 g/mol. The Kier molecular flexibility index (Phi) is 5.46. The highest BCUT2D eigenvalue weighted by Crippen LogP contribution is 2.46. The number of halogens is 1. The molecule has 0 atom stereocenters. The molecule has 0 bridgehead atoms. The van der Waals surface area contributed by atoms with Crippen LogP contribution in [0.5, 0.6) is 5.75 Å². The van der Waals surface area contributed by atoms with Crippen LogP contribution in [0, 0.1) is 13.8 Å². The van der Waals surface area contributed by atoms with Crippen LogP contribution in [0.1, 0.15) is 43.2 Å². The van der Waals surface area contributed by atoms with Gasteiger partial charge in [-0.3, -0.25) is 4.79 Å². The Hall–Kier alpha value is -2.59. The Balaban J connectivity index is 2.15. The van der Waals surface area contributed by atoms with Gasteiger partial charge in [0.05, 0.1) is 4.47 Å². The molecule has 0 saturated carbocycles. The van der Waals surface area contributed by atoms with Crippen molar-refractivity contribution in [2.24, 2.45) is 0 Å². The molecule has 154 valence electrons. The van der Waals surface area contributed by atoms with Gasteiger partial charge in [-0.2, -0.15) is 0 Å². The lowest BCUT2D eigenvalue weighted by molar-refractivity contribution is -0.132. The Morgan fingerprint density at radius 2 is 1.63 bits per heavy atom. The van der Waals surface area contributed by atoms with E-state index in [2.05, 4.69) is 67.0 Å². The average Bonchev–Trinajstić information content (AvgIpc) is 3.03. The number of furan rings is 1. The summed E-state index contributed by atoms with van der Waals surface area (Å²) in [6, 6.07) is 12.7. The van der Waals surface area contributed by atoms with Crippen molar-refractivity contribution >= 4 is 43.6 Å². The molecule has 0 amide bonds. The first-order chi connectivity index (χ1) is 14.4. The second-order valence-electron chi connectivity index (χ2n) is 7.65. The molecule has 4 heteroatoms. The summed E-state index contributed by atoms with van der Waals surface area (Å²) in [5.74, 6) is 1.34. The molecule has 4 rings (SSSR count). The van der Waals surface area contributed by atoms with Gasteiger partial charge in [0, 0.05) is 23.3 Å². The van der Waals surface area contributed by atoms with Crippen LogP contribution in [0.4, 0.5) is 0 Å². The number of hydrogen-bond acceptors (Lipinski definition) is 3. The Morgan fingerprint density at radius 1 is 1.03 bits per heavy atom. The minimum atomic E-state index is -0.287. The number of benzene rings is 3. The Bertz CT molecular complexity index is 1270. The lowest BCUT2D eigenvalue weighted by atomic mass is 9.89. The molecule has 0 unspecified atom stereocenters. The minimum absolute atomic E-state index is 0.287. The number of fused-ring (bicyclic) bond motifs is 2. The summed E-state index contributed by atoms with van der Waals surface area (Å²) in [4.78, 5) is 11.7. The van der Waals surface area contributed by atoms with Crippen LogP contribution in [0.3, 0.4) is 0 Å². The van der Waals surface area contributed by atoms with E-state index in [1.165, 1.54) is 12.3 Å². The van der Waals surface area contributed by atoms with Gasteiger partial charge in [-0.25, -0.2) is 0 Å². The lowest BCUT2D eigenvalue weighted by Crippen LogP contribution is -2.07. The second kappa shape index (κ2) is 7.92. The first-order valence-corrected chi connectivity index (χ1v) is 11.1. The third kappa shape index (κ3) is 3.24. The first-order valence-electron chi connectivity index (χ1n) is 10.3. The zero-order chi connectivity index (χ0) is 21.6. The fourth-order valence-corrected chi connectivity index (χ4v) is 4.86. The van der Waals surface area contributed by atoms with E-state index >= 15 is 0 Å². The van der Waals surface area contributed by atoms with Gasteiger partial charge in [0.2, 0.25) is 0 Å². The SMILES string of the molecule is CCc1cc(-c2c3ccccc3c(Br)c3oc(C)c(C)c23)cc(CC)c1OC(C)=O. The number of rotatable bonds is 4. The van der Waals surface area contributed by atoms with Gasteiger partial charge in [0.25, 0.3) is 0 Å². The summed E-state index contributed by atoms with van der Waals surface area (Å²) in [5.41, 5.74) is 6.38. The van der Waals surface area contributed by atoms with E-state index in [0.29, 0.717) is 5.75 Å². The monoisotopic (exact) mass is 464 g/mol. The van der Waals surface area contributed by atoms with Crippen molar-refractivity contribution < 1.29 is 13.9 Å². The Labute approximate surface area is 185 Å². The quantitative estimate of drug-likeness (QED) is 0.229. The van der Waals surface area contributed by atoms with Gasteiger partial charge in [0.15, 0.2) is 0 Å². The van der Waals surface area contributed by atoms with Crippen LogP contribution in [-0.2, 0) is 17.6 Å². The normalized spacial score (nSPS) is 11.4. The van der Waals surface area contributed by atoms with E-state index in [4.69, 9.17) is 9.15 Å². The van der Waals surface area contributed by atoms with E-state index in [9.17, 15) is 4.79 Å². The van der Waals surface area contributed by atoms with E-state index in [-0.39, 0.29) is 5.97 Å². The fraction of sp³-hybridized carbons (Fsp3) is 0.269. The molecule has 0 saturated heterocycles. The molecular formula is C26H25BrO3. The predicted molar refractivity (Wildman–Crippen MR) is 126 cm³/mol. The summed E-state index contributed by atoms with van der Waals surface area (Å²) in [6.45, 7) is 9.76. The van der Waals surface area contributed by atoms with E-state index in [0.717, 1.165) is 67.2 Å². The molecule has 0 fully saturated rings. The summed E-state index contributed by atoms with van der Waals surface area (Å²) >= 11 is 3.78. The summed E-state index contributed by atoms with van der Waals surface area (Å²) in [6.07, 6.45) is 1.56. The minimum Gasteiger partial charge on any atom is -0.460 e. The molecule has 1 heterocycles. The molecule has 0 aliphatic carbocycles. The zero-order valence-corrected chi connectivity index (χ0v) is 19.6. The standard InChI is InChI=1S/C26H25BrO3/c1-6-17-12-19(13-18(7-2)25(17)30-16(5)28)23-20-10-8-9-11-21(20)24(27)26-22(23)14(3)15(4)29-26/h8-13H,6-7H2,1-5H3. The second-order valence-corrected chi connectivity index (χ2v) is 8.44. The highest BCUT2D eigenvalue weighted by atomic mass is 79.9. The van der Waals surface area contributed by atoms with Crippen LogP contribution < -0.4 is 4.74 Å². The zero-order valence-electron chi connectivity index (χ0n) is 18.0. The highest BCUT2D eigenvalue weighted by molar-refractivity contribution is 9.10. The van der Waals surface area contributed by atoms with Gasteiger partial charge in [0.1, 0.15) is 17.1 Å². The van der Waals surface area contributed by atoms with Crippen LogP contribution in [0.2, 0.25) is 0 Å². The molecule has 1 aromatic heterocycles. The fourth-order valence-electron chi connectivity index (χ4n) is 4.23. The molecule has 30 heavy (non-hydrogen) atoms. The lowest BCUT2D eigenvalue weighted by Gasteiger charge is -2.17. The van der Waals surface area contributed by atoms with Gasteiger partial charge in [-0.1, -0.05) is 38.1 Å². The molecule has 3 aromatic carbocycles. The molecule has 0 spiro atoms. The number of hydrogen-bond donors (Lipinski definition) is 0. The summed E-state index contributed by atoms with van der Waals surface area (Å²) in [7, 11) is 0. The van der Waals surface area contributed by atoms with Crippen molar-refractivity contribution in [2.45, 2.75) is 47.5 Å². The van der Waals surface area contributed by atoms with Crippen molar-refractivity contribution in [3.63, 3.8) is 0 Å². The first kappa shape index (κ1) is 20.7. The molecular weight excluding hydrogens is 440 g/mol. The molecule has 0 aliphatic heterocycles. The highest BCUT2D eigenvalue weighted by Gasteiger charge is 2.22. The van der Waals surface area contributed by atoms with Crippen molar-refractivity contribution in [3.8, 4) is 16.9 Å². The number of carbonyl (C=O) groups excluding carboxylic acids is 1. The van der Waals surface area contributed by atoms with E-state index in [1.54, 1.807) is 0 Å². The van der Waals surface area contributed by atoms with Gasteiger partial charge in [-0.05, 0) is 82.4 Å². The predicted octanol–water partition coefficient (Wildman–Crippen LogP) is 7.68. The Morgan fingerprint density at radius 3 is 2.20 bits per heavy atom. The molecule has 3 nitrogen and oxygen atoms in total. The van der Waals surface area contributed by atoms with Crippen molar-refractivity contribution in [1.29, 1.82) is 0 Å². The van der Waals surface area contributed by atoms with Crippen molar-refractivity contribution in [1.82, 2.24) is 0 Å². The van der Waals surface area contributed by atoms with Gasteiger partial charge in [-0.15, -0.1) is 0 Å². The molecule has 0 aliphatic rings. The maximum atomic E-state index is 11.7. The van der Waals surface area contributed by atoms with Crippen LogP contribution in [0.25, 0.3) is 32.9 Å². The molecule has 0 radical (unpaired) electrons. The summed E-state index contributed by atoms with van der Waals surface area (Å²) < 4.78 is 12.8. The van der Waals surface area contributed by atoms with Crippen molar-refractivity contribution in [3.05, 3.63) is 63.3 Å². The van der Waals surface area contributed by atoms with E-state index in [1.807, 2.05) is 13.0 Å². The van der Waals surface area contributed by atoms with Crippen LogP contribution >= 0.6 is 15.9 Å². The topological polar surface area (TPSA) is 39.4 Å². The number of ether oxygens (including phenoxy) is 1. The summed E-state index contributed by atoms with van der Waals surface area (Å²) in [5, 5.41) is 3.42. The third-order valence-corrected chi connectivity index (χ3v) is 6.59. The van der Waals surface area contributed by atoms with Crippen LogP contribution in [0.15, 0.2) is 45.3 Å². The van der Waals surface area contributed by atoms with Gasteiger partial charge >= 0.3 is 5.97 Å². The molecule has 0 N–H and O–H groups in total. The number of aryl methyl sites for hydroxylation is 4. The van der Waals surface area contributed by atoms with Crippen molar-refractivity contribution in [2.75, 3.05) is 0 Å². The number of carbonyl (C=O) groups is 1. The third-order valence-electron chi connectivity index (χ3n) is 5.81. The molecule has 4 aromatic rings.